The Morgan fingerprint density at radius 3 is 2.38 bits per heavy atom. The molecule has 0 aromatic heterocycles. The van der Waals surface area contributed by atoms with Gasteiger partial charge in [-0.2, -0.15) is 5.26 Å². The molecular formula is C17H18N2O2. The van der Waals surface area contributed by atoms with Gasteiger partial charge in [0.25, 0.3) is 0 Å². The number of benzene rings is 2. The lowest BCUT2D eigenvalue weighted by molar-refractivity contribution is 0.211. The third-order valence-electron chi connectivity index (χ3n) is 3.19. The van der Waals surface area contributed by atoms with Gasteiger partial charge in [-0.3, -0.25) is 0 Å². The molecular weight excluding hydrogens is 264 g/mol. The third kappa shape index (κ3) is 3.74. The van der Waals surface area contributed by atoms with Crippen molar-refractivity contribution in [2.24, 2.45) is 0 Å². The van der Waals surface area contributed by atoms with Crippen LogP contribution < -0.4 is 10.1 Å². The van der Waals surface area contributed by atoms with E-state index in [0.29, 0.717) is 18.7 Å². The van der Waals surface area contributed by atoms with E-state index in [4.69, 9.17) is 9.47 Å². The summed E-state index contributed by atoms with van der Waals surface area (Å²) in [5.74, 6) is 0.817. The predicted octanol–water partition coefficient (Wildman–Crippen LogP) is 3.29. The lowest BCUT2D eigenvalue weighted by Crippen LogP contribution is -2.08. The van der Waals surface area contributed by atoms with Gasteiger partial charge >= 0.3 is 0 Å². The molecule has 0 radical (unpaired) electrons. The number of anilines is 1. The number of nitriles is 1. The van der Waals surface area contributed by atoms with Crippen LogP contribution in [-0.4, -0.2) is 27.4 Å². The molecule has 0 atom stereocenters. The Labute approximate surface area is 124 Å². The molecule has 2 aromatic carbocycles. The molecule has 0 spiro atoms. The van der Waals surface area contributed by atoms with Crippen LogP contribution in [-0.2, 0) is 4.74 Å². The first-order valence-electron chi connectivity index (χ1n) is 6.70. The first-order valence-corrected chi connectivity index (χ1v) is 6.70. The average Bonchev–Trinajstić information content (AvgIpc) is 2.55. The van der Waals surface area contributed by atoms with E-state index >= 15 is 0 Å². The van der Waals surface area contributed by atoms with Crippen LogP contribution in [0.4, 0.5) is 5.69 Å². The Bertz CT molecular complexity index is 630. The summed E-state index contributed by atoms with van der Waals surface area (Å²) >= 11 is 0. The van der Waals surface area contributed by atoms with Crippen molar-refractivity contribution in [3.8, 4) is 22.9 Å². The van der Waals surface area contributed by atoms with Gasteiger partial charge in [-0.15, -0.1) is 0 Å². The molecule has 108 valence electrons. The Hall–Kier alpha value is -2.51. The summed E-state index contributed by atoms with van der Waals surface area (Å²) < 4.78 is 10.1. The second kappa shape index (κ2) is 7.32. The van der Waals surface area contributed by atoms with Crippen molar-refractivity contribution < 1.29 is 9.47 Å². The summed E-state index contributed by atoms with van der Waals surface area (Å²) in [7, 11) is 3.29. The van der Waals surface area contributed by atoms with Crippen molar-refractivity contribution in [3.63, 3.8) is 0 Å². The highest BCUT2D eigenvalue weighted by atomic mass is 16.5. The van der Waals surface area contributed by atoms with Gasteiger partial charge < -0.3 is 14.8 Å². The molecule has 0 heterocycles. The molecule has 21 heavy (non-hydrogen) atoms. The summed E-state index contributed by atoms with van der Waals surface area (Å²) in [6.07, 6.45) is 0. The summed E-state index contributed by atoms with van der Waals surface area (Å²) in [5, 5.41) is 12.5. The molecule has 4 heteroatoms. The Morgan fingerprint density at radius 2 is 1.76 bits per heavy atom. The van der Waals surface area contributed by atoms with Crippen molar-refractivity contribution in [2.75, 3.05) is 32.7 Å². The monoisotopic (exact) mass is 282 g/mol. The van der Waals surface area contributed by atoms with Gasteiger partial charge in [0.15, 0.2) is 0 Å². The zero-order valence-corrected chi connectivity index (χ0v) is 12.2. The van der Waals surface area contributed by atoms with Crippen LogP contribution in [0.25, 0.3) is 11.1 Å². The SMILES string of the molecule is COCCNc1ccc(-c2ccc(OC)cc2)cc1C#N. The number of rotatable bonds is 6. The van der Waals surface area contributed by atoms with Crippen LogP contribution >= 0.6 is 0 Å². The van der Waals surface area contributed by atoms with Gasteiger partial charge in [-0.1, -0.05) is 18.2 Å². The molecule has 0 amide bonds. The van der Waals surface area contributed by atoms with Gasteiger partial charge in [0.1, 0.15) is 11.8 Å². The van der Waals surface area contributed by atoms with Crippen molar-refractivity contribution >= 4 is 5.69 Å². The highest BCUT2D eigenvalue weighted by molar-refractivity contribution is 5.71. The van der Waals surface area contributed by atoms with Crippen LogP contribution in [0.3, 0.4) is 0 Å². The van der Waals surface area contributed by atoms with Gasteiger partial charge in [-0.25, -0.2) is 0 Å². The number of methoxy groups -OCH3 is 2. The lowest BCUT2D eigenvalue weighted by Gasteiger charge is -2.10. The minimum atomic E-state index is 0.602. The minimum Gasteiger partial charge on any atom is -0.497 e. The van der Waals surface area contributed by atoms with Crippen LogP contribution in [0.2, 0.25) is 0 Å². The highest BCUT2D eigenvalue weighted by Gasteiger charge is 2.05. The van der Waals surface area contributed by atoms with E-state index in [-0.39, 0.29) is 0 Å². The maximum absolute atomic E-state index is 9.29. The van der Waals surface area contributed by atoms with E-state index in [9.17, 15) is 5.26 Å². The third-order valence-corrected chi connectivity index (χ3v) is 3.19. The van der Waals surface area contributed by atoms with E-state index in [2.05, 4.69) is 11.4 Å². The fourth-order valence-corrected chi connectivity index (χ4v) is 2.04. The number of nitrogens with one attached hydrogen (secondary N) is 1. The molecule has 2 rings (SSSR count). The number of ether oxygens (including phenoxy) is 2. The normalized spacial score (nSPS) is 9.95. The summed E-state index contributed by atoms with van der Waals surface area (Å²) in [5.41, 5.74) is 3.51. The van der Waals surface area contributed by atoms with Crippen molar-refractivity contribution in [3.05, 3.63) is 48.0 Å². The molecule has 0 unspecified atom stereocenters. The second-order valence-electron chi connectivity index (χ2n) is 4.52. The molecule has 0 bridgehead atoms. The van der Waals surface area contributed by atoms with Gasteiger partial charge in [0, 0.05) is 13.7 Å². The number of hydrogen-bond acceptors (Lipinski definition) is 4. The van der Waals surface area contributed by atoms with Crippen LogP contribution in [0.1, 0.15) is 5.56 Å². The molecule has 0 aliphatic heterocycles. The maximum atomic E-state index is 9.29. The Balaban J connectivity index is 2.23. The van der Waals surface area contributed by atoms with E-state index < -0.39 is 0 Å². The average molecular weight is 282 g/mol. The van der Waals surface area contributed by atoms with Crippen molar-refractivity contribution in [1.29, 1.82) is 5.26 Å². The number of hydrogen-bond donors (Lipinski definition) is 1. The smallest absolute Gasteiger partial charge is 0.118 e. The maximum Gasteiger partial charge on any atom is 0.118 e. The summed E-state index contributed by atoms with van der Waals surface area (Å²) in [6, 6.07) is 15.8. The van der Waals surface area contributed by atoms with E-state index in [1.165, 1.54) is 0 Å². The first-order chi connectivity index (χ1) is 10.3. The lowest BCUT2D eigenvalue weighted by atomic mass is 10.0. The molecule has 4 nitrogen and oxygen atoms in total. The second-order valence-corrected chi connectivity index (χ2v) is 4.52. The largest absolute Gasteiger partial charge is 0.497 e. The molecule has 0 aliphatic rings. The van der Waals surface area contributed by atoms with Crippen LogP contribution in [0.15, 0.2) is 42.5 Å². The topological polar surface area (TPSA) is 54.3 Å². The zero-order valence-electron chi connectivity index (χ0n) is 12.2. The molecule has 0 saturated heterocycles. The molecule has 0 fully saturated rings. The Kier molecular flexibility index (Phi) is 5.19. The minimum absolute atomic E-state index is 0.602. The molecule has 2 aromatic rings. The first kappa shape index (κ1) is 14.9. The van der Waals surface area contributed by atoms with Gasteiger partial charge in [0.05, 0.1) is 25.0 Å². The van der Waals surface area contributed by atoms with E-state index in [1.54, 1.807) is 14.2 Å². The van der Waals surface area contributed by atoms with Gasteiger partial charge in [-0.05, 0) is 35.4 Å². The summed E-state index contributed by atoms with van der Waals surface area (Å²) in [4.78, 5) is 0. The number of nitrogens with zero attached hydrogens (tertiary/aromatic N) is 1. The molecule has 0 saturated carbocycles. The van der Waals surface area contributed by atoms with Crippen molar-refractivity contribution in [1.82, 2.24) is 0 Å². The quantitative estimate of drug-likeness (QED) is 0.826. The Morgan fingerprint density at radius 1 is 1.05 bits per heavy atom. The summed E-state index contributed by atoms with van der Waals surface area (Å²) in [6.45, 7) is 1.28. The highest BCUT2D eigenvalue weighted by Crippen LogP contribution is 2.26. The zero-order chi connectivity index (χ0) is 15.1. The van der Waals surface area contributed by atoms with Crippen LogP contribution in [0, 0.1) is 11.3 Å². The van der Waals surface area contributed by atoms with E-state index in [1.807, 2.05) is 42.5 Å². The van der Waals surface area contributed by atoms with E-state index in [0.717, 1.165) is 22.6 Å². The van der Waals surface area contributed by atoms with Crippen molar-refractivity contribution in [2.45, 2.75) is 0 Å². The molecule has 0 aliphatic carbocycles. The fourth-order valence-electron chi connectivity index (χ4n) is 2.04. The molecule has 1 N–H and O–H groups in total. The van der Waals surface area contributed by atoms with Gasteiger partial charge in [0.2, 0.25) is 0 Å². The fraction of sp³-hybridized carbons (Fsp3) is 0.235. The standard InChI is InChI=1S/C17H18N2O2/c1-20-10-9-19-17-8-5-14(11-15(17)12-18)13-3-6-16(21-2)7-4-13/h3-8,11,19H,9-10H2,1-2H3. The van der Waals surface area contributed by atoms with Crippen LogP contribution in [0.5, 0.6) is 5.75 Å². The predicted molar refractivity (Wildman–Crippen MR) is 83.5 cm³/mol.